The van der Waals surface area contributed by atoms with Gasteiger partial charge in [-0.1, -0.05) is 42.5 Å². The fourth-order valence-electron chi connectivity index (χ4n) is 4.57. The van der Waals surface area contributed by atoms with Crippen LogP contribution in [0, 0.1) is 37.8 Å². The molecule has 1 aromatic heterocycles. The summed E-state index contributed by atoms with van der Waals surface area (Å²) in [4.78, 5) is 11.6. The predicted molar refractivity (Wildman–Crippen MR) is 132 cm³/mol. The lowest BCUT2D eigenvalue weighted by Crippen LogP contribution is -2.00. The van der Waals surface area contributed by atoms with Gasteiger partial charge in [-0.05, 0) is 74.2 Å². The highest BCUT2D eigenvalue weighted by Crippen LogP contribution is 2.40. The van der Waals surface area contributed by atoms with E-state index in [2.05, 4.69) is 67.8 Å². The largest absolute Gasteiger partial charge is 0.309 e. The summed E-state index contributed by atoms with van der Waals surface area (Å²) in [5.74, 6) is 0. The molecular formula is C28H24N2O2. The molecular weight excluding hydrogens is 396 g/mol. The lowest BCUT2D eigenvalue weighted by molar-refractivity contribution is -0.384. The molecule has 0 aliphatic heterocycles. The molecule has 4 heteroatoms. The Morgan fingerprint density at radius 2 is 1.09 bits per heavy atom. The molecule has 0 atom stereocenters. The average molecular weight is 421 g/mol. The Kier molecular flexibility index (Phi) is 4.59. The van der Waals surface area contributed by atoms with E-state index in [4.69, 9.17) is 0 Å². The van der Waals surface area contributed by atoms with Crippen molar-refractivity contribution in [1.82, 2.24) is 4.57 Å². The molecule has 0 spiro atoms. The predicted octanol–water partition coefficient (Wildman–Crippen LogP) is 7.59. The van der Waals surface area contributed by atoms with E-state index in [0.717, 1.165) is 33.4 Å². The number of aryl methyl sites for hydroxylation is 4. The van der Waals surface area contributed by atoms with Crippen LogP contribution in [0.5, 0.6) is 0 Å². The molecule has 0 saturated carbocycles. The van der Waals surface area contributed by atoms with Crippen LogP contribution in [0.4, 0.5) is 5.69 Å². The van der Waals surface area contributed by atoms with Crippen LogP contribution in [0.3, 0.4) is 0 Å². The fourth-order valence-corrected chi connectivity index (χ4v) is 4.57. The number of nitrogens with zero attached hydrogens (tertiary/aromatic N) is 2. The zero-order valence-corrected chi connectivity index (χ0v) is 18.6. The van der Waals surface area contributed by atoms with Gasteiger partial charge in [0.1, 0.15) is 0 Å². The van der Waals surface area contributed by atoms with E-state index in [-0.39, 0.29) is 10.6 Å². The van der Waals surface area contributed by atoms with Crippen molar-refractivity contribution in [2.75, 3.05) is 0 Å². The maximum atomic E-state index is 11.9. The maximum Gasteiger partial charge on any atom is 0.277 e. The zero-order valence-electron chi connectivity index (χ0n) is 18.6. The van der Waals surface area contributed by atoms with Crippen LogP contribution in [0.2, 0.25) is 0 Å². The zero-order chi connectivity index (χ0) is 22.6. The first-order valence-electron chi connectivity index (χ1n) is 10.7. The Labute approximate surface area is 186 Å². The van der Waals surface area contributed by atoms with Crippen LogP contribution in [-0.2, 0) is 0 Å². The minimum atomic E-state index is -0.286. The summed E-state index contributed by atoms with van der Waals surface area (Å²) in [6.07, 6.45) is 0. The Morgan fingerprint density at radius 3 is 1.66 bits per heavy atom. The Balaban J connectivity index is 1.94. The van der Waals surface area contributed by atoms with E-state index in [1.165, 1.54) is 21.9 Å². The summed E-state index contributed by atoms with van der Waals surface area (Å²) in [5, 5.41) is 14.3. The van der Waals surface area contributed by atoms with Gasteiger partial charge in [0.05, 0.1) is 27.2 Å². The molecule has 4 aromatic carbocycles. The number of nitro groups is 1. The van der Waals surface area contributed by atoms with E-state index < -0.39 is 0 Å². The van der Waals surface area contributed by atoms with Gasteiger partial charge in [0.2, 0.25) is 0 Å². The van der Waals surface area contributed by atoms with E-state index >= 15 is 0 Å². The quantitative estimate of drug-likeness (QED) is 0.223. The van der Waals surface area contributed by atoms with Gasteiger partial charge in [-0.25, -0.2) is 0 Å². The molecule has 0 amide bonds. The number of hydrogen-bond donors (Lipinski definition) is 0. The molecule has 158 valence electrons. The van der Waals surface area contributed by atoms with Gasteiger partial charge in [-0.15, -0.1) is 0 Å². The van der Waals surface area contributed by atoms with Crippen LogP contribution in [0.15, 0.2) is 72.8 Å². The summed E-state index contributed by atoms with van der Waals surface area (Å²) < 4.78 is 2.26. The Hall–Kier alpha value is -3.92. The van der Waals surface area contributed by atoms with Gasteiger partial charge in [-0.2, -0.15) is 0 Å². The smallest absolute Gasteiger partial charge is 0.277 e. The van der Waals surface area contributed by atoms with Crippen LogP contribution in [0.1, 0.15) is 22.3 Å². The molecule has 0 radical (unpaired) electrons. The molecule has 0 bridgehead atoms. The number of fused-ring (bicyclic) bond motifs is 3. The molecule has 0 aliphatic rings. The van der Waals surface area contributed by atoms with Crippen LogP contribution in [-0.4, -0.2) is 9.49 Å². The Bertz CT molecular complexity index is 1480. The number of rotatable bonds is 3. The topological polar surface area (TPSA) is 48.1 Å². The monoisotopic (exact) mass is 420 g/mol. The number of aromatic nitrogens is 1. The number of hydrogen-bond acceptors (Lipinski definition) is 2. The summed E-state index contributed by atoms with van der Waals surface area (Å²) in [6.45, 7) is 8.12. The Morgan fingerprint density at radius 1 is 0.625 bits per heavy atom. The van der Waals surface area contributed by atoms with Crippen molar-refractivity contribution < 1.29 is 4.92 Å². The van der Waals surface area contributed by atoms with Crippen LogP contribution in [0.25, 0.3) is 38.6 Å². The van der Waals surface area contributed by atoms with Crippen LogP contribution < -0.4 is 0 Å². The van der Waals surface area contributed by atoms with Crippen molar-refractivity contribution >= 4 is 27.5 Å². The summed E-state index contributed by atoms with van der Waals surface area (Å²) >= 11 is 0. The highest BCUT2D eigenvalue weighted by molar-refractivity contribution is 6.10. The molecule has 4 nitrogen and oxygen atoms in total. The van der Waals surface area contributed by atoms with E-state index in [1.807, 2.05) is 31.2 Å². The first kappa shape index (κ1) is 20.0. The van der Waals surface area contributed by atoms with Crippen molar-refractivity contribution in [3.05, 3.63) is 105 Å². The van der Waals surface area contributed by atoms with E-state index in [0.29, 0.717) is 5.56 Å². The van der Waals surface area contributed by atoms with Crippen LogP contribution >= 0.6 is 0 Å². The molecule has 32 heavy (non-hydrogen) atoms. The normalized spacial score (nSPS) is 11.4. The summed E-state index contributed by atoms with van der Waals surface area (Å²) in [5.41, 5.74) is 9.10. The van der Waals surface area contributed by atoms with Crippen molar-refractivity contribution in [1.29, 1.82) is 0 Å². The maximum absolute atomic E-state index is 11.9. The van der Waals surface area contributed by atoms with Gasteiger partial charge in [-0.3, -0.25) is 10.1 Å². The molecule has 0 unspecified atom stereocenters. The number of benzene rings is 4. The van der Waals surface area contributed by atoms with E-state index in [9.17, 15) is 10.1 Å². The average Bonchev–Trinajstić information content (AvgIpc) is 3.06. The fraction of sp³-hybridized carbons (Fsp3) is 0.143. The van der Waals surface area contributed by atoms with Gasteiger partial charge in [0.25, 0.3) is 5.69 Å². The van der Waals surface area contributed by atoms with Crippen molar-refractivity contribution in [3.8, 4) is 16.8 Å². The van der Waals surface area contributed by atoms with Crippen molar-refractivity contribution in [3.63, 3.8) is 0 Å². The lowest BCUT2D eigenvalue weighted by atomic mass is 9.98. The second kappa shape index (κ2) is 7.34. The minimum absolute atomic E-state index is 0.128. The first-order chi connectivity index (χ1) is 15.3. The summed E-state index contributed by atoms with van der Waals surface area (Å²) in [6, 6.07) is 24.6. The standard InChI is InChI=1S/C28H24N2O2/c1-17-5-9-21-22-10-6-18(2)14-26(22)29(25(21)13-17)27-15-19(3)7-11-23(27)24-12-8-20(4)16-28(24)30(31)32/h5-16H,1-4H3. The molecule has 0 aliphatic carbocycles. The van der Waals surface area contributed by atoms with Gasteiger partial charge in [0, 0.05) is 22.4 Å². The molecule has 1 heterocycles. The van der Waals surface area contributed by atoms with Gasteiger partial charge < -0.3 is 4.57 Å². The molecule has 0 saturated heterocycles. The molecule has 0 fully saturated rings. The lowest BCUT2D eigenvalue weighted by Gasteiger charge is -2.16. The SMILES string of the molecule is Cc1ccc(-c2ccc(C)cc2[N+](=O)[O-])c(-n2c3cc(C)ccc3c3ccc(C)cc32)c1. The molecule has 0 N–H and O–H groups in total. The second-order valence-electron chi connectivity index (χ2n) is 8.67. The van der Waals surface area contributed by atoms with Gasteiger partial charge in [0.15, 0.2) is 0 Å². The third kappa shape index (κ3) is 3.16. The highest BCUT2D eigenvalue weighted by Gasteiger charge is 2.21. The first-order valence-corrected chi connectivity index (χ1v) is 10.7. The third-order valence-electron chi connectivity index (χ3n) is 6.11. The molecule has 5 rings (SSSR count). The minimum Gasteiger partial charge on any atom is -0.309 e. The van der Waals surface area contributed by atoms with E-state index in [1.54, 1.807) is 6.07 Å². The third-order valence-corrected chi connectivity index (χ3v) is 6.11. The second-order valence-corrected chi connectivity index (χ2v) is 8.67. The van der Waals surface area contributed by atoms with Crippen molar-refractivity contribution in [2.24, 2.45) is 0 Å². The summed E-state index contributed by atoms with van der Waals surface area (Å²) in [7, 11) is 0. The van der Waals surface area contributed by atoms with Gasteiger partial charge >= 0.3 is 0 Å². The highest BCUT2D eigenvalue weighted by atomic mass is 16.6. The molecule has 5 aromatic rings. The van der Waals surface area contributed by atoms with Crippen molar-refractivity contribution in [2.45, 2.75) is 27.7 Å². The number of nitro benzene ring substituents is 1.